The first-order valence-electron chi connectivity index (χ1n) is 10.9. The fraction of sp³-hybridized carbons (Fsp3) is 0.179. The zero-order valence-electron chi connectivity index (χ0n) is 19.5. The van der Waals surface area contributed by atoms with E-state index < -0.39 is 0 Å². The molecule has 0 spiro atoms. The van der Waals surface area contributed by atoms with Crippen molar-refractivity contribution in [2.24, 2.45) is 0 Å². The molecule has 0 saturated heterocycles. The van der Waals surface area contributed by atoms with Crippen LogP contribution in [0.1, 0.15) is 16.7 Å². The van der Waals surface area contributed by atoms with Gasteiger partial charge in [0.2, 0.25) is 5.75 Å². The monoisotopic (exact) mass is 518 g/mol. The molecule has 1 aliphatic rings. The summed E-state index contributed by atoms with van der Waals surface area (Å²) in [6.45, 7) is 1.49. The molecule has 0 radical (unpaired) electrons. The Morgan fingerprint density at radius 2 is 1.59 bits per heavy atom. The molecule has 2 heterocycles. The first-order chi connectivity index (χ1) is 16.2. The number of methoxy groups -OCH3 is 3. The SMILES string of the molecule is COc1ccc(CN2C=Cc3cc(OC)c(OC)c4c3c2cc[n+]4Cc2ccccc2)cc1.[Br-]. The Morgan fingerprint density at radius 3 is 2.26 bits per heavy atom. The predicted octanol–water partition coefficient (Wildman–Crippen LogP) is 2.20. The van der Waals surface area contributed by atoms with Crippen molar-refractivity contribution in [3.8, 4) is 17.2 Å². The van der Waals surface area contributed by atoms with Crippen LogP contribution in [0.15, 0.2) is 79.1 Å². The molecule has 6 heteroatoms. The normalized spacial score (nSPS) is 11.8. The molecule has 1 aliphatic heterocycles. The highest BCUT2D eigenvalue weighted by Gasteiger charge is 2.28. The van der Waals surface area contributed by atoms with Crippen LogP contribution in [0.4, 0.5) is 5.69 Å². The van der Waals surface area contributed by atoms with Crippen LogP contribution in [0.5, 0.6) is 17.2 Å². The van der Waals surface area contributed by atoms with Crippen molar-refractivity contribution < 1.29 is 35.8 Å². The number of halogens is 1. The third-order valence-electron chi connectivity index (χ3n) is 6.08. The number of aromatic nitrogens is 1. The van der Waals surface area contributed by atoms with Gasteiger partial charge in [0.15, 0.2) is 18.5 Å². The van der Waals surface area contributed by atoms with Crippen molar-refractivity contribution in [2.75, 3.05) is 26.2 Å². The fourth-order valence-electron chi connectivity index (χ4n) is 4.46. The highest BCUT2D eigenvalue weighted by molar-refractivity contribution is 6.03. The highest BCUT2D eigenvalue weighted by Crippen LogP contribution is 2.43. The lowest BCUT2D eigenvalue weighted by Gasteiger charge is -2.26. The van der Waals surface area contributed by atoms with Gasteiger partial charge < -0.3 is 36.1 Å². The van der Waals surface area contributed by atoms with E-state index in [1.54, 1.807) is 21.3 Å². The Morgan fingerprint density at radius 1 is 0.824 bits per heavy atom. The maximum atomic E-state index is 5.88. The van der Waals surface area contributed by atoms with E-state index in [0.717, 1.165) is 52.5 Å². The largest absolute Gasteiger partial charge is 1.00 e. The van der Waals surface area contributed by atoms with Crippen LogP contribution in [0.25, 0.3) is 17.0 Å². The Balaban J connectivity index is 0.00000274. The van der Waals surface area contributed by atoms with Crippen LogP contribution in [0.3, 0.4) is 0 Å². The number of benzene rings is 3. The molecule has 0 N–H and O–H groups in total. The van der Waals surface area contributed by atoms with Crippen LogP contribution in [0.2, 0.25) is 0 Å². The minimum absolute atomic E-state index is 0. The second-order valence-electron chi connectivity index (χ2n) is 8.03. The molecule has 0 saturated carbocycles. The molecule has 34 heavy (non-hydrogen) atoms. The van der Waals surface area contributed by atoms with Crippen molar-refractivity contribution in [3.05, 3.63) is 95.8 Å². The van der Waals surface area contributed by atoms with Gasteiger partial charge in [0.25, 0.3) is 5.52 Å². The van der Waals surface area contributed by atoms with E-state index in [1.165, 1.54) is 11.1 Å². The average Bonchev–Trinajstić information content (AvgIpc) is 2.87. The first-order valence-corrected chi connectivity index (χ1v) is 10.9. The standard InChI is InChI=1S/C28H27N2O3.BrH/c1-31-23-11-9-21(10-12-23)18-29-15-13-22-17-25(32-2)28(33-3)27-26(22)24(29)14-16-30(27)19-20-7-5-4-6-8-20;/h4-17H,18-19H2,1-3H3;1H/q+1;/p-1. The topological polar surface area (TPSA) is 34.8 Å². The minimum atomic E-state index is 0. The van der Waals surface area contributed by atoms with Crippen molar-refractivity contribution in [1.82, 2.24) is 0 Å². The Hall–Kier alpha value is -3.51. The molecule has 0 unspecified atom stereocenters. The van der Waals surface area contributed by atoms with E-state index in [1.807, 2.05) is 18.2 Å². The van der Waals surface area contributed by atoms with Crippen LogP contribution in [0, 0.1) is 0 Å². The maximum Gasteiger partial charge on any atom is 0.261 e. The van der Waals surface area contributed by atoms with E-state index >= 15 is 0 Å². The Kier molecular flexibility index (Phi) is 7.08. The molecule has 3 aromatic carbocycles. The van der Waals surface area contributed by atoms with Crippen LogP contribution < -0.4 is 40.7 Å². The average molecular weight is 519 g/mol. The number of hydrogen-bond donors (Lipinski definition) is 0. The van der Waals surface area contributed by atoms with Crippen LogP contribution >= 0.6 is 0 Å². The lowest BCUT2D eigenvalue weighted by molar-refractivity contribution is -0.662. The molecule has 5 nitrogen and oxygen atoms in total. The number of nitrogens with zero attached hydrogens (tertiary/aromatic N) is 2. The van der Waals surface area contributed by atoms with Gasteiger partial charge in [0, 0.05) is 24.4 Å². The summed E-state index contributed by atoms with van der Waals surface area (Å²) in [5.41, 5.74) is 5.72. The Labute approximate surface area is 210 Å². The van der Waals surface area contributed by atoms with Crippen molar-refractivity contribution in [1.29, 1.82) is 0 Å². The summed E-state index contributed by atoms with van der Waals surface area (Å²) in [6, 6.07) is 22.9. The number of anilines is 1. The molecule has 0 bridgehead atoms. The number of ether oxygens (including phenoxy) is 3. The maximum absolute atomic E-state index is 5.88. The van der Waals surface area contributed by atoms with Crippen molar-refractivity contribution >= 4 is 22.7 Å². The second kappa shape index (κ2) is 10.2. The number of rotatable bonds is 7. The molecule has 0 amide bonds. The first kappa shape index (κ1) is 23.6. The summed E-state index contributed by atoms with van der Waals surface area (Å²) < 4.78 is 19.1. The van der Waals surface area contributed by atoms with Gasteiger partial charge in [-0.1, -0.05) is 42.5 Å². The van der Waals surface area contributed by atoms with E-state index in [2.05, 4.69) is 76.5 Å². The van der Waals surface area contributed by atoms with E-state index in [9.17, 15) is 0 Å². The summed E-state index contributed by atoms with van der Waals surface area (Å²) in [5, 5.41) is 1.15. The van der Waals surface area contributed by atoms with Gasteiger partial charge in [0.1, 0.15) is 5.75 Å². The fourth-order valence-corrected chi connectivity index (χ4v) is 4.46. The van der Waals surface area contributed by atoms with Crippen LogP contribution in [-0.2, 0) is 13.1 Å². The summed E-state index contributed by atoms with van der Waals surface area (Å²) in [7, 11) is 5.07. The number of hydrogen-bond acceptors (Lipinski definition) is 4. The zero-order valence-corrected chi connectivity index (χ0v) is 21.1. The zero-order chi connectivity index (χ0) is 22.8. The molecular formula is C28H27BrN2O3. The molecule has 5 rings (SSSR count). The summed E-state index contributed by atoms with van der Waals surface area (Å²) in [6.07, 6.45) is 6.42. The second-order valence-corrected chi connectivity index (χ2v) is 8.03. The smallest absolute Gasteiger partial charge is 0.261 e. The summed E-state index contributed by atoms with van der Waals surface area (Å²) in [4.78, 5) is 2.27. The van der Waals surface area contributed by atoms with Gasteiger partial charge >= 0.3 is 0 Å². The number of pyridine rings is 1. The van der Waals surface area contributed by atoms with Gasteiger partial charge in [0.05, 0.1) is 32.4 Å². The van der Waals surface area contributed by atoms with Crippen molar-refractivity contribution in [2.45, 2.75) is 13.1 Å². The predicted molar refractivity (Wildman–Crippen MR) is 131 cm³/mol. The molecule has 4 aromatic rings. The Bertz CT molecular complexity index is 1320. The van der Waals surface area contributed by atoms with Gasteiger partial charge in [-0.3, -0.25) is 0 Å². The van der Waals surface area contributed by atoms with E-state index in [0.29, 0.717) is 0 Å². The molecule has 174 valence electrons. The van der Waals surface area contributed by atoms with Gasteiger partial charge in [-0.25, -0.2) is 0 Å². The third kappa shape index (κ3) is 4.33. The van der Waals surface area contributed by atoms with Gasteiger partial charge in [-0.2, -0.15) is 4.57 Å². The molecule has 1 aromatic heterocycles. The minimum Gasteiger partial charge on any atom is -1.00 e. The van der Waals surface area contributed by atoms with Gasteiger partial charge in [-0.15, -0.1) is 0 Å². The van der Waals surface area contributed by atoms with E-state index in [4.69, 9.17) is 14.2 Å². The van der Waals surface area contributed by atoms with E-state index in [-0.39, 0.29) is 17.0 Å². The highest BCUT2D eigenvalue weighted by atomic mass is 79.9. The molecule has 0 aliphatic carbocycles. The van der Waals surface area contributed by atoms with Crippen molar-refractivity contribution in [3.63, 3.8) is 0 Å². The molecule has 0 atom stereocenters. The summed E-state index contributed by atoms with van der Waals surface area (Å²) >= 11 is 0. The summed E-state index contributed by atoms with van der Waals surface area (Å²) in [5.74, 6) is 2.33. The molecular weight excluding hydrogens is 492 g/mol. The van der Waals surface area contributed by atoms with Crippen LogP contribution in [-0.4, -0.2) is 21.3 Å². The lowest BCUT2D eigenvalue weighted by atomic mass is 10.0. The quantitative estimate of drug-likeness (QED) is 0.351. The lowest BCUT2D eigenvalue weighted by Crippen LogP contribution is -3.00. The third-order valence-corrected chi connectivity index (χ3v) is 6.08. The van der Waals surface area contributed by atoms with Gasteiger partial charge in [-0.05, 0) is 35.4 Å². The molecule has 0 fully saturated rings.